The van der Waals surface area contributed by atoms with E-state index in [1.165, 1.54) is 7.11 Å². The average Bonchev–Trinajstić information content (AvgIpc) is 3.04. The molecule has 146 valence electrons. The van der Waals surface area contributed by atoms with Gasteiger partial charge in [0.05, 0.1) is 23.9 Å². The van der Waals surface area contributed by atoms with Crippen LogP contribution in [0.5, 0.6) is 0 Å². The Balaban J connectivity index is 1.68. The molecule has 4 aromatic heterocycles. The number of methoxy groups -OCH3 is 1. The fourth-order valence-electron chi connectivity index (χ4n) is 2.82. The molecule has 0 bridgehead atoms. The Labute approximate surface area is 166 Å². The number of nitrogens with zero attached hydrogens (tertiary/aromatic N) is 6. The van der Waals surface area contributed by atoms with E-state index in [9.17, 15) is 4.79 Å². The molecule has 0 aliphatic heterocycles. The van der Waals surface area contributed by atoms with Gasteiger partial charge in [0.15, 0.2) is 11.5 Å². The topological polar surface area (TPSA) is 120 Å². The highest BCUT2D eigenvalue weighted by Gasteiger charge is 2.17. The molecule has 0 aliphatic rings. The second kappa shape index (κ2) is 7.50. The summed E-state index contributed by atoms with van der Waals surface area (Å²) in [6, 6.07) is 7.03. The van der Waals surface area contributed by atoms with Gasteiger partial charge in [0.2, 0.25) is 5.95 Å². The van der Waals surface area contributed by atoms with Gasteiger partial charge in [-0.2, -0.15) is 10.1 Å². The van der Waals surface area contributed by atoms with Crippen LogP contribution in [0, 0.1) is 6.92 Å². The number of anilines is 4. The first-order chi connectivity index (χ1) is 14.1. The van der Waals surface area contributed by atoms with Crippen molar-refractivity contribution in [2.45, 2.75) is 6.92 Å². The van der Waals surface area contributed by atoms with Crippen LogP contribution in [0.25, 0.3) is 11.0 Å². The van der Waals surface area contributed by atoms with E-state index in [0.29, 0.717) is 34.2 Å². The summed E-state index contributed by atoms with van der Waals surface area (Å²) in [6.45, 7) is 1.90. The maximum absolute atomic E-state index is 12.0. The van der Waals surface area contributed by atoms with Gasteiger partial charge in [0.25, 0.3) is 0 Å². The predicted octanol–water partition coefficient (Wildman–Crippen LogP) is 2.74. The summed E-state index contributed by atoms with van der Waals surface area (Å²) < 4.78 is 6.43. The number of ether oxygens (including phenoxy) is 1. The van der Waals surface area contributed by atoms with Crippen LogP contribution in [0.3, 0.4) is 0 Å². The molecule has 2 N–H and O–H groups in total. The summed E-state index contributed by atoms with van der Waals surface area (Å²) in [6.07, 6.45) is 4.96. The molecule has 0 aliphatic carbocycles. The number of aryl methyl sites for hydroxylation is 2. The summed E-state index contributed by atoms with van der Waals surface area (Å²) in [4.78, 5) is 29.4. The smallest absolute Gasteiger partial charge is 0.341 e. The molecule has 0 spiro atoms. The number of pyridine rings is 2. The standard InChI is InChI=1S/C19H18N8O2/c1-11-14(7-5-8-20-11)23-19-22-10-13-16(26-27(2)17(13)25-19)24-15-12(18(28)29-3)6-4-9-21-15/h4-10H,1-3H3,(H,21,24,26)(H,22,23,25). The Morgan fingerprint density at radius 2 is 1.86 bits per heavy atom. The van der Waals surface area contributed by atoms with Gasteiger partial charge in [-0.25, -0.2) is 19.4 Å². The van der Waals surface area contributed by atoms with Crippen LogP contribution in [0.1, 0.15) is 16.1 Å². The first-order valence-electron chi connectivity index (χ1n) is 8.75. The van der Waals surface area contributed by atoms with E-state index in [0.717, 1.165) is 11.4 Å². The Kier molecular flexibility index (Phi) is 4.73. The maximum atomic E-state index is 12.0. The molecule has 0 aromatic carbocycles. The van der Waals surface area contributed by atoms with Crippen molar-refractivity contribution in [3.8, 4) is 0 Å². The first-order valence-corrected chi connectivity index (χ1v) is 8.75. The van der Waals surface area contributed by atoms with Crippen molar-refractivity contribution < 1.29 is 9.53 Å². The minimum atomic E-state index is -0.490. The van der Waals surface area contributed by atoms with Gasteiger partial charge in [-0.15, -0.1) is 0 Å². The molecule has 0 atom stereocenters. The van der Waals surface area contributed by atoms with Crippen LogP contribution in [0.15, 0.2) is 42.9 Å². The monoisotopic (exact) mass is 390 g/mol. The fraction of sp³-hybridized carbons (Fsp3) is 0.158. The van der Waals surface area contributed by atoms with Gasteiger partial charge < -0.3 is 15.4 Å². The summed E-state index contributed by atoms with van der Waals surface area (Å²) in [5, 5.41) is 11.4. The number of hydrogen-bond donors (Lipinski definition) is 2. The minimum Gasteiger partial charge on any atom is -0.465 e. The molecule has 4 rings (SSSR count). The van der Waals surface area contributed by atoms with E-state index < -0.39 is 5.97 Å². The van der Waals surface area contributed by atoms with E-state index in [1.54, 1.807) is 42.5 Å². The van der Waals surface area contributed by atoms with Gasteiger partial charge in [-0.1, -0.05) is 0 Å². The van der Waals surface area contributed by atoms with E-state index in [2.05, 4.69) is 35.7 Å². The number of aromatic nitrogens is 6. The normalized spacial score (nSPS) is 10.7. The van der Waals surface area contributed by atoms with Crippen molar-refractivity contribution in [3.05, 3.63) is 54.1 Å². The van der Waals surface area contributed by atoms with Crippen LogP contribution < -0.4 is 10.6 Å². The first kappa shape index (κ1) is 18.3. The van der Waals surface area contributed by atoms with E-state index in [1.807, 2.05) is 19.1 Å². The quantitative estimate of drug-likeness (QED) is 0.496. The molecule has 4 heterocycles. The number of esters is 1. The van der Waals surface area contributed by atoms with Crippen LogP contribution >= 0.6 is 0 Å². The van der Waals surface area contributed by atoms with Crippen molar-refractivity contribution in [1.29, 1.82) is 0 Å². The van der Waals surface area contributed by atoms with Crippen LogP contribution in [-0.2, 0) is 11.8 Å². The molecule has 0 saturated carbocycles. The summed E-state index contributed by atoms with van der Waals surface area (Å²) >= 11 is 0. The summed E-state index contributed by atoms with van der Waals surface area (Å²) in [7, 11) is 3.10. The lowest BCUT2D eigenvalue weighted by molar-refractivity contribution is 0.0601. The third kappa shape index (κ3) is 3.55. The lowest BCUT2D eigenvalue weighted by Crippen LogP contribution is -2.07. The number of carbonyl (C=O) groups is 1. The van der Waals surface area contributed by atoms with Crippen LogP contribution in [-0.4, -0.2) is 42.8 Å². The zero-order valence-electron chi connectivity index (χ0n) is 16.0. The molecule has 29 heavy (non-hydrogen) atoms. The molecular formula is C19H18N8O2. The largest absolute Gasteiger partial charge is 0.465 e. The van der Waals surface area contributed by atoms with Crippen LogP contribution in [0.2, 0.25) is 0 Å². The zero-order chi connectivity index (χ0) is 20.4. The highest BCUT2D eigenvalue weighted by atomic mass is 16.5. The van der Waals surface area contributed by atoms with Gasteiger partial charge in [0, 0.05) is 25.6 Å². The van der Waals surface area contributed by atoms with Crippen molar-refractivity contribution >= 4 is 40.3 Å². The average molecular weight is 390 g/mol. The van der Waals surface area contributed by atoms with Crippen molar-refractivity contribution in [3.63, 3.8) is 0 Å². The number of fused-ring (bicyclic) bond motifs is 1. The number of nitrogens with one attached hydrogen (secondary N) is 2. The number of rotatable bonds is 5. The SMILES string of the molecule is COC(=O)c1cccnc1Nc1nn(C)c2nc(Nc3cccnc3C)ncc12. The molecule has 0 unspecified atom stereocenters. The van der Waals surface area contributed by atoms with Crippen LogP contribution in [0.4, 0.5) is 23.3 Å². The number of hydrogen-bond acceptors (Lipinski definition) is 9. The molecule has 10 heteroatoms. The second-order valence-electron chi connectivity index (χ2n) is 6.18. The molecule has 0 amide bonds. The highest BCUT2D eigenvalue weighted by Crippen LogP contribution is 2.26. The molecule has 0 radical (unpaired) electrons. The Morgan fingerprint density at radius 1 is 1.07 bits per heavy atom. The highest BCUT2D eigenvalue weighted by molar-refractivity contribution is 5.97. The predicted molar refractivity (Wildman–Crippen MR) is 107 cm³/mol. The zero-order valence-corrected chi connectivity index (χ0v) is 16.0. The van der Waals surface area contributed by atoms with Gasteiger partial charge >= 0.3 is 5.97 Å². The lowest BCUT2D eigenvalue weighted by atomic mass is 10.2. The molecule has 0 saturated heterocycles. The van der Waals surface area contributed by atoms with Gasteiger partial charge in [-0.3, -0.25) is 4.98 Å². The third-order valence-corrected chi connectivity index (χ3v) is 4.28. The van der Waals surface area contributed by atoms with Gasteiger partial charge in [-0.05, 0) is 31.2 Å². The number of carbonyl (C=O) groups excluding carboxylic acids is 1. The van der Waals surface area contributed by atoms with Crippen molar-refractivity contribution in [2.75, 3.05) is 17.7 Å². The Bertz CT molecular complexity index is 1200. The van der Waals surface area contributed by atoms with E-state index in [4.69, 9.17) is 4.74 Å². The van der Waals surface area contributed by atoms with E-state index in [-0.39, 0.29) is 0 Å². The van der Waals surface area contributed by atoms with Gasteiger partial charge in [0.1, 0.15) is 11.4 Å². The molecular weight excluding hydrogens is 372 g/mol. The fourth-order valence-corrected chi connectivity index (χ4v) is 2.82. The lowest BCUT2D eigenvalue weighted by Gasteiger charge is -2.08. The second-order valence-corrected chi connectivity index (χ2v) is 6.18. The molecule has 0 fully saturated rings. The molecule has 10 nitrogen and oxygen atoms in total. The maximum Gasteiger partial charge on any atom is 0.341 e. The molecule has 4 aromatic rings. The van der Waals surface area contributed by atoms with Crippen molar-refractivity contribution in [2.24, 2.45) is 7.05 Å². The summed E-state index contributed by atoms with van der Waals surface area (Å²) in [5.74, 6) is 0.759. The summed E-state index contributed by atoms with van der Waals surface area (Å²) in [5.41, 5.74) is 2.58. The minimum absolute atomic E-state index is 0.306. The van der Waals surface area contributed by atoms with E-state index >= 15 is 0 Å². The Hall–Kier alpha value is -4.08. The van der Waals surface area contributed by atoms with Crippen molar-refractivity contribution in [1.82, 2.24) is 29.7 Å². The third-order valence-electron chi connectivity index (χ3n) is 4.28. The Morgan fingerprint density at radius 3 is 2.66 bits per heavy atom.